The van der Waals surface area contributed by atoms with Crippen molar-refractivity contribution in [2.24, 2.45) is 5.92 Å². The summed E-state index contributed by atoms with van der Waals surface area (Å²) >= 11 is 0. The van der Waals surface area contributed by atoms with Crippen LogP contribution in [0.2, 0.25) is 0 Å². The number of aryl methyl sites for hydroxylation is 2. The van der Waals surface area contributed by atoms with Gasteiger partial charge in [0.25, 0.3) is 0 Å². The Bertz CT molecular complexity index is 1580. The summed E-state index contributed by atoms with van der Waals surface area (Å²) in [5.41, 5.74) is 7.39. The molecule has 7 heteroatoms. The molecule has 1 aliphatic heterocycles. The van der Waals surface area contributed by atoms with Crippen LogP contribution in [-0.2, 0) is 9.47 Å². The molecule has 1 atom stereocenters. The Morgan fingerprint density at radius 1 is 1.05 bits per heavy atom. The third-order valence-corrected chi connectivity index (χ3v) is 7.51. The zero-order valence-electron chi connectivity index (χ0n) is 21.2. The highest BCUT2D eigenvalue weighted by molar-refractivity contribution is 6.08. The van der Waals surface area contributed by atoms with E-state index in [1.54, 1.807) is 6.20 Å². The SMILES string of the molecule is COC(=O)c1cnc2c3ccc(-c4c(C)noc4C)cc3n(C(c3ccccc3)C3CCOCC3)c2c1. The van der Waals surface area contributed by atoms with Gasteiger partial charge in [-0.25, -0.2) is 4.79 Å². The second kappa shape index (κ2) is 9.48. The van der Waals surface area contributed by atoms with Gasteiger partial charge < -0.3 is 18.6 Å². The number of ether oxygens (including phenoxy) is 2. The first-order valence-corrected chi connectivity index (χ1v) is 12.6. The number of hydrogen-bond acceptors (Lipinski definition) is 6. The van der Waals surface area contributed by atoms with Crippen LogP contribution in [0.25, 0.3) is 33.1 Å². The van der Waals surface area contributed by atoms with Crippen LogP contribution in [0.5, 0.6) is 0 Å². The average molecular weight is 496 g/mol. The first-order chi connectivity index (χ1) is 18.1. The fourth-order valence-corrected chi connectivity index (χ4v) is 5.80. The van der Waals surface area contributed by atoms with Crippen molar-refractivity contribution in [3.05, 3.63) is 83.4 Å². The van der Waals surface area contributed by atoms with Crippen LogP contribution in [0.4, 0.5) is 0 Å². The van der Waals surface area contributed by atoms with E-state index < -0.39 is 5.97 Å². The third-order valence-electron chi connectivity index (χ3n) is 7.51. The Morgan fingerprint density at radius 3 is 2.54 bits per heavy atom. The highest BCUT2D eigenvalue weighted by atomic mass is 16.5. The Labute approximate surface area is 215 Å². The van der Waals surface area contributed by atoms with Crippen molar-refractivity contribution in [1.29, 1.82) is 0 Å². The number of pyridine rings is 1. The molecule has 5 aromatic rings. The largest absolute Gasteiger partial charge is 0.465 e. The molecule has 37 heavy (non-hydrogen) atoms. The molecule has 0 bridgehead atoms. The highest BCUT2D eigenvalue weighted by Gasteiger charge is 2.30. The Kier molecular flexibility index (Phi) is 6.00. The number of nitrogens with zero attached hydrogens (tertiary/aromatic N) is 3. The van der Waals surface area contributed by atoms with Crippen LogP contribution in [0, 0.1) is 19.8 Å². The number of fused-ring (bicyclic) bond motifs is 3. The van der Waals surface area contributed by atoms with Crippen molar-refractivity contribution >= 4 is 27.9 Å². The first kappa shape index (κ1) is 23.4. The standard InChI is InChI=1S/C30H29N3O4/c1-18-27(19(2)37-32-18)22-9-10-24-25(15-22)33(26-16-23(30(34)35-3)17-31-28(24)26)29(20-7-5-4-6-8-20)21-11-13-36-14-12-21/h4-10,15-17,21,29H,11-14H2,1-3H3. The lowest BCUT2D eigenvalue weighted by molar-refractivity contribution is 0.0553. The van der Waals surface area contributed by atoms with E-state index in [-0.39, 0.29) is 6.04 Å². The molecule has 0 amide bonds. The predicted molar refractivity (Wildman–Crippen MR) is 142 cm³/mol. The van der Waals surface area contributed by atoms with E-state index in [1.165, 1.54) is 12.7 Å². The number of methoxy groups -OCH3 is 1. The molecule has 1 saturated heterocycles. The molecule has 0 N–H and O–H groups in total. The van der Waals surface area contributed by atoms with Crippen LogP contribution in [0.15, 0.2) is 65.3 Å². The average Bonchev–Trinajstić information content (AvgIpc) is 3.45. The molecule has 0 aliphatic carbocycles. The van der Waals surface area contributed by atoms with Gasteiger partial charge in [-0.15, -0.1) is 0 Å². The molecular formula is C30H29N3O4. The maximum atomic E-state index is 12.5. The minimum atomic E-state index is -0.398. The van der Waals surface area contributed by atoms with Gasteiger partial charge in [-0.2, -0.15) is 0 Å². The topological polar surface area (TPSA) is 79.4 Å². The van der Waals surface area contributed by atoms with E-state index in [4.69, 9.17) is 19.0 Å². The molecule has 7 nitrogen and oxygen atoms in total. The summed E-state index contributed by atoms with van der Waals surface area (Å²) < 4.78 is 18.6. The minimum Gasteiger partial charge on any atom is -0.465 e. The molecule has 3 aromatic heterocycles. The lowest BCUT2D eigenvalue weighted by atomic mass is 9.86. The molecule has 2 aromatic carbocycles. The van der Waals surface area contributed by atoms with Gasteiger partial charge in [0.1, 0.15) is 5.76 Å². The van der Waals surface area contributed by atoms with Crippen LogP contribution < -0.4 is 0 Å². The Hall–Kier alpha value is -3.97. The van der Waals surface area contributed by atoms with Crippen LogP contribution in [-0.4, -0.2) is 41.0 Å². The summed E-state index contributed by atoms with van der Waals surface area (Å²) in [4.78, 5) is 17.3. The molecule has 0 spiro atoms. The highest BCUT2D eigenvalue weighted by Crippen LogP contribution is 2.42. The van der Waals surface area contributed by atoms with Crippen LogP contribution in [0.1, 0.15) is 46.3 Å². The maximum absolute atomic E-state index is 12.5. The zero-order valence-corrected chi connectivity index (χ0v) is 21.2. The zero-order chi connectivity index (χ0) is 25.5. The monoisotopic (exact) mass is 495 g/mol. The molecular weight excluding hydrogens is 466 g/mol. The van der Waals surface area contributed by atoms with Gasteiger partial charge >= 0.3 is 5.97 Å². The number of benzene rings is 2. The van der Waals surface area contributed by atoms with Gasteiger partial charge in [0.05, 0.1) is 41.0 Å². The summed E-state index contributed by atoms with van der Waals surface area (Å²) in [5.74, 6) is 0.749. The lowest BCUT2D eigenvalue weighted by Crippen LogP contribution is -2.27. The van der Waals surface area contributed by atoms with Crippen molar-refractivity contribution in [1.82, 2.24) is 14.7 Å². The number of esters is 1. The van der Waals surface area contributed by atoms with Crippen LogP contribution in [0.3, 0.4) is 0 Å². The van der Waals surface area contributed by atoms with E-state index in [1.807, 2.05) is 26.0 Å². The normalized spacial score (nSPS) is 15.3. The van der Waals surface area contributed by atoms with Gasteiger partial charge in [0.2, 0.25) is 0 Å². The van der Waals surface area contributed by atoms with Crippen molar-refractivity contribution in [2.75, 3.05) is 20.3 Å². The second-order valence-corrected chi connectivity index (χ2v) is 9.69. The van der Waals surface area contributed by atoms with E-state index in [0.29, 0.717) is 11.5 Å². The summed E-state index contributed by atoms with van der Waals surface area (Å²) in [6.07, 6.45) is 3.51. The fourth-order valence-electron chi connectivity index (χ4n) is 5.80. The first-order valence-electron chi connectivity index (χ1n) is 12.6. The number of aromatic nitrogens is 3. The molecule has 1 aliphatic rings. The molecule has 0 saturated carbocycles. The maximum Gasteiger partial charge on any atom is 0.339 e. The van der Waals surface area contributed by atoms with Gasteiger partial charge in [0, 0.05) is 30.4 Å². The molecule has 188 valence electrons. The summed E-state index contributed by atoms with van der Waals surface area (Å²) in [7, 11) is 1.40. The number of carbonyl (C=O) groups is 1. The van der Waals surface area contributed by atoms with Gasteiger partial charge in [0.15, 0.2) is 0 Å². The number of carbonyl (C=O) groups excluding carboxylic acids is 1. The van der Waals surface area contributed by atoms with Crippen molar-refractivity contribution in [3.8, 4) is 11.1 Å². The van der Waals surface area contributed by atoms with E-state index in [0.717, 1.165) is 70.6 Å². The van der Waals surface area contributed by atoms with Crippen LogP contribution >= 0.6 is 0 Å². The minimum absolute atomic E-state index is 0.0414. The smallest absolute Gasteiger partial charge is 0.339 e. The lowest BCUT2D eigenvalue weighted by Gasteiger charge is -2.33. The quantitative estimate of drug-likeness (QED) is 0.268. The van der Waals surface area contributed by atoms with Gasteiger partial charge in [-0.1, -0.05) is 47.6 Å². The number of rotatable bonds is 5. The van der Waals surface area contributed by atoms with Crippen molar-refractivity contribution in [2.45, 2.75) is 32.7 Å². The number of hydrogen-bond donors (Lipinski definition) is 0. The Balaban J connectivity index is 1.68. The predicted octanol–water partition coefficient (Wildman–Crippen LogP) is 6.26. The summed E-state index contributed by atoms with van der Waals surface area (Å²) in [6, 6.07) is 19.0. The van der Waals surface area contributed by atoms with E-state index >= 15 is 0 Å². The Morgan fingerprint density at radius 2 is 1.84 bits per heavy atom. The molecule has 4 heterocycles. The van der Waals surface area contributed by atoms with Gasteiger partial charge in [-0.05, 0) is 55.9 Å². The van der Waals surface area contributed by atoms with E-state index in [2.05, 4.69) is 52.2 Å². The summed E-state index contributed by atoms with van der Waals surface area (Å²) in [6.45, 7) is 5.38. The molecule has 1 unspecified atom stereocenters. The van der Waals surface area contributed by atoms with E-state index in [9.17, 15) is 4.79 Å². The third kappa shape index (κ3) is 4.00. The molecule has 1 fully saturated rings. The van der Waals surface area contributed by atoms with Crippen molar-refractivity contribution in [3.63, 3.8) is 0 Å². The molecule has 6 rings (SSSR count). The van der Waals surface area contributed by atoms with Crippen molar-refractivity contribution < 1.29 is 18.8 Å². The summed E-state index contributed by atoms with van der Waals surface area (Å²) in [5, 5.41) is 5.21. The molecule has 0 radical (unpaired) electrons. The van der Waals surface area contributed by atoms with Gasteiger partial charge in [-0.3, -0.25) is 4.98 Å². The second-order valence-electron chi connectivity index (χ2n) is 9.69. The fraction of sp³-hybridized carbons (Fsp3) is 0.300.